The van der Waals surface area contributed by atoms with Crippen molar-refractivity contribution in [3.05, 3.63) is 35.5 Å². The normalized spacial score (nSPS) is 14.2. The van der Waals surface area contributed by atoms with Crippen LogP contribution in [0.25, 0.3) is 11.3 Å². The first-order valence-electron chi connectivity index (χ1n) is 6.68. The van der Waals surface area contributed by atoms with Crippen LogP contribution >= 0.6 is 0 Å². The maximum Gasteiger partial charge on any atom is 0.356 e. The fourth-order valence-electron chi connectivity index (χ4n) is 2.79. The number of aromatic nitrogens is 2. The minimum absolute atomic E-state index is 0.0809. The number of carbonyl (C=O) groups is 1. The SMILES string of the molecule is CN1CCCc2cc(-c3cc(C(=O)O)nn3C)ccc21. The molecule has 5 heteroatoms. The van der Waals surface area contributed by atoms with Crippen molar-refractivity contribution in [3.63, 3.8) is 0 Å². The molecule has 5 nitrogen and oxygen atoms in total. The van der Waals surface area contributed by atoms with Gasteiger partial charge in [-0.2, -0.15) is 5.10 Å². The molecular weight excluding hydrogens is 254 g/mol. The van der Waals surface area contributed by atoms with Crippen LogP contribution in [0.5, 0.6) is 0 Å². The van der Waals surface area contributed by atoms with Crippen molar-refractivity contribution < 1.29 is 9.90 Å². The number of nitrogens with zero attached hydrogens (tertiary/aromatic N) is 3. The summed E-state index contributed by atoms with van der Waals surface area (Å²) < 4.78 is 1.62. The molecule has 0 spiro atoms. The van der Waals surface area contributed by atoms with Crippen molar-refractivity contribution >= 4 is 11.7 Å². The molecule has 0 saturated carbocycles. The van der Waals surface area contributed by atoms with Gasteiger partial charge in [0, 0.05) is 31.9 Å². The Balaban J connectivity index is 2.05. The Bertz CT molecular complexity index is 676. The molecule has 0 atom stereocenters. The van der Waals surface area contributed by atoms with Crippen LogP contribution in [0.2, 0.25) is 0 Å². The van der Waals surface area contributed by atoms with Gasteiger partial charge in [0.25, 0.3) is 0 Å². The first-order valence-corrected chi connectivity index (χ1v) is 6.68. The zero-order valence-corrected chi connectivity index (χ0v) is 11.6. The minimum atomic E-state index is -0.996. The van der Waals surface area contributed by atoms with E-state index < -0.39 is 5.97 Å². The smallest absolute Gasteiger partial charge is 0.356 e. The molecule has 1 aliphatic heterocycles. The molecule has 3 rings (SSSR count). The Morgan fingerprint density at radius 3 is 2.80 bits per heavy atom. The molecule has 0 aliphatic carbocycles. The summed E-state index contributed by atoms with van der Waals surface area (Å²) in [6, 6.07) is 7.91. The second-order valence-corrected chi connectivity index (χ2v) is 5.21. The van der Waals surface area contributed by atoms with E-state index >= 15 is 0 Å². The summed E-state index contributed by atoms with van der Waals surface area (Å²) in [6.45, 7) is 1.08. The third-order valence-electron chi connectivity index (χ3n) is 3.83. The first kappa shape index (κ1) is 12.7. The fraction of sp³-hybridized carbons (Fsp3) is 0.333. The molecule has 20 heavy (non-hydrogen) atoms. The van der Waals surface area contributed by atoms with Crippen molar-refractivity contribution in [1.29, 1.82) is 0 Å². The van der Waals surface area contributed by atoms with Crippen molar-refractivity contribution in [2.24, 2.45) is 7.05 Å². The van der Waals surface area contributed by atoms with E-state index in [-0.39, 0.29) is 5.69 Å². The van der Waals surface area contributed by atoms with Crippen LogP contribution in [0.1, 0.15) is 22.5 Å². The maximum atomic E-state index is 11.0. The molecule has 1 aromatic heterocycles. The Morgan fingerprint density at radius 1 is 1.30 bits per heavy atom. The monoisotopic (exact) mass is 271 g/mol. The van der Waals surface area contributed by atoms with Crippen LogP contribution in [0.4, 0.5) is 5.69 Å². The quantitative estimate of drug-likeness (QED) is 0.909. The summed E-state index contributed by atoms with van der Waals surface area (Å²) >= 11 is 0. The standard InChI is InChI=1S/C15H17N3O2/c1-17-7-3-4-10-8-11(5-6-13(10)17)14-9-12(15(19)20)16-18(14)2/h5-6,8-9H,3-4,7H2,1-2H3,(H,19,20). The second kappa shape index (κ2) is 4.67. The highest BCUT2D eigenvalue weighted by Crippen LogP contribution is 2.30. The van der Waals surface area contributed by atoms with E-state index in [1.54, 1.807) is 17.8 Å². The van der Waals surface area contributed by atoms with Crippen LogP contribution in [-0.2, 0) is 13.5 Å². The molecule has 0 radical (unpaired) electrons. The average molecular weight is 271 g/mol. The van der Waals surface area contributed by atoms with E-state index in [1.807, 2.05) is 6.07 Å². The number of carboxylic acid groups (broad SMARTS) is 1. The van der Waals surface area contributed by atoms with Crippen molar-refractivity contribution in [2.75, 3.05) is 18.5 Å². The largest absolute Gasteiger partial charge is 0.476 e. The number of hydrogen-bond donors (Lipinski definition) is 1. The zero-order valence-electron chi connectivity index (χ0n) is 11.6. The number of fused-ring (bicyclic) bond motifs is 1. The van der Waals surface area contributed by atoms with E-state index in [0.717, 1.165) is 30.6 Å². The van der Waals surface area contributed by atoms with Gasteiger partial charge in [0.1, 0.15) is 0 Å². The van der Waals surface area contributed by atoms with Crippen molar-refractivity contribution in [2.45, 2.75) is 12.8 Å². The Labute approximate surface area is 117 Å². The number of hydrogen-bond acceptors (Lipinski definition) is 3. The molecule has 0 amide bonds. The minimum Gasteiger partial charge on any atom is -0.476 e. The lowest BCUT2D eigenvalue weighted by atomic mass is 9.98. The number of aromatic carboxylic acids is 1. The zero-order chi connectivity index (χ0) is 14.3. The van der Waals surface area contributed by atoms with Gasteiger partial charge in [0.2, 0.25) is 0 Å². The van der Waals surface area contributed by atoms with Gasteiger partial charge in [-0.25, -0.2) is 4.79 Å². The third kappa shape index (κ3) is 2.05. The van der Waals surface area contributed by atoms with Gasteiger partial charge in [-0.3, -0.25) is 4.68 Å². The number of aryl methyl sites for hydroxylation is 2. The van der Waals surface area contributed by atoms with Crippen LogP contribution in [-0.4, -0.2) is 34.4 Å². The molecule has 0 saturated heterocycles. The lowest BCUT2D eigenvalue weighted by molar-refractivity contribution is 0.0689. The molecule has 1 aliphatic rings. The van der Waals surface area contributed by atoms with Crippen molar-refractivity contribution in [1.82, 2.24) is 9.78 Å². The highest BCUT2D eigenvalue weighted by Gasteiger charge is 2.17. The molecule has 2 aromatic rings. The summed E-state index contributed by atoms with van der Waals surface area (Å²) in [4.78, 5) is 13.2. The van der Waals surface area contributed by atoms with Crippen LogP contribution in [0, 0.1) is 0 Å². The lowest BCUT2D eigenvalue weighted by Gasteiger charge is -2.27. The highest BCUT2D eigenvalue weighted by molar-refractivity contribution is 5.87. The van der Waals surface area contributed by atoms with Gasteiger partial charge in [-0.15, -0.1) is 0 Å². The van der Waals surface area contributed by atoms with Gasteiger partial charge in [0.05, 0.1) is 5.69 Å². The summed E-state index contributed by atoms with van der Waals surface area (Å²) in [6.07, 6.45) is 2.22. The molecule has 0 fully saturated rings. The predicted octanol–water partition coefficient (Wildman–Crippen LogP) is 2.17. The highest BCUT2D eigenvalue weighted by atomic mass is 16.4. The Morgan fingerprint density at radius 2 is 2.10 bits per heavy atom. The Kier molecular flexibility index (Phi) is 2.97. The molecule has 1 aromatic carbocycles. The Hall–Kier alpha value is -2.30. The molecular formula is C15H17N3O2. The van der Waals surface area contributed by atoms with Crippen LogP contribution in [0.3, 0.4) is 0 Å². The first-order chi connectivity index (χ1) is 9.56. The van der Waals surface area contributed by atoms with Gasteiger partial charge >= 0.3 is 5.97 Å². The second-order valence-electron chi connectivity index (χ2n) is 5.21. The summed E-state index contributed by atoms with van der Waals surface area (Å²) in [7, 11) is 3.87. The number of rotatable bonds is 2. The van der Waals surface area contributed by atoms with E-state index in [2.05, 4.69) is 29.2 Å². The molecule has 104 valence electrons. The van der Waals surface area contributed by atoms with E-state index in [0.29, 0.717) is 0 Å². The summed E-state index contributed by atoms with van der Waals surface area (Å²) in [5.74, 6) is -0.996. The fourth-order valence-corrected chi connectivity index (χ4v) is 2.79. The van der Waals surface area contributed by atoms with Crippen LogP contribution in [0.15, 0.2) is 24.3 Å². The van der Waals surface area contributed by atoms with Gasteiger partial charge in [-0.05, 0) is 36.6 Å². The molecule has 0 bridgehead atoms. The van der Waals surface area contributed by atoms with E-state index in [1.165, 1.54) is 11.3 Å². The molecule has 0 unspecified atom stereocenters. The third-order valence-corrected chi connectivity index (χ3v) is 3.83. The number of carboxylic acids is 1. The molecule has 1 N–H and O–H groups in total. The topological polar surface area (TPSA) is 58.4 Å². The summed E-state index contributed by atoms with van der Waals surface area (Å²) in [5, 5.41) is 13.0. The van der Waals surface area contributed by atoms with Gasteiger partial charge in [0.15, 0.2) is 5.69 Å². The van der Waals surface area contributed by atoms with E-state index in [9.17, 15) is 4.79 Å². The van der Waals surface area contributed by atoms with E-state index in [4.69, 9.17) is 5.11 Å². The van der Waals surface area contributed by atoms with Crippen molar-refractivity contribution in [3.8, 4) is 11.3 Å². The molecule has 2 heterocycles. The van der Waals surface area contributed by atoms with Gasteiger partial charge < -0.3 is 10.0 Å². The number of benzene rings is 1. The average Bonchev–Trinajstić information content (AvgIpc) is 2.81. The summed E-state index contributed by atoms with van der Waals surface area (Å²) in [5.41, 5.74) is 4.51. The van der Waals surface area contributed by atoms with Gasteiger partial charge in [-0.1, -0.05) is 6.07 Å². The number of anilines is 1. The lowest BCUT2D eigenvalue weighted by Crippen LogP contribution is -2.24. The predicted molar refractivity (Wildman–Crippen MR) is 77.2 cm³/mol. The maximum absolute atomic E-state index is 11.0. The van der Waals surface area contributed by atoms with Crippen LogP contribution < -0.4 is 4.90 Å².